The van der Waals surface area contributed by atoms with Crippen LogP contribution < -0.4 is 5.32 Å². The van der Waals surface area contributed by atoms with Crippen molar-refractivity contribution in [2.75, 3.05) is 19.6 Å². The van der Waals surface area contributed by atoms with E-state index in [4.69, 9.17) is 11.6 Å². The van der Waals surface area contributed by atoms with Gasteiger partial charge in [-0.1, -0.05) is 11.6 Å². The second-order valence-corrected chi connectivity index (χ2v) is 6.15. The van der Waals surface area contributed by atoms with E-state index in [9.17, 15) is 4.39 Å². The van der Waals surface area contributed by atoms with Gasteiger partial charge in [0.2, 0.25) is 0 Å². The molecule has 1 aromatic rings. The van der Waals surface area contributed by atoms with Gasteiger partial charge in [0, 0.05) is 24.2 Å². The summed E-state index contributed by atoms with van der Waals surface area (Å²) in [5.74, 6) is 0.509. The highest BCUT2D eigenvalue weighted by Crippen LogP contribution is 2.31. The Morgan fingerprint density at radius 2 is 2.16 bits per heavy atom. The van der Waals surface area contributed by atoms with Crippen molar-refractivity contribution in [3.63, 3.8) is 0 Å². The van der Waals surface area contributed by atoms with Crippen LogP contribution in [-0.2, 0) is 6.54 Å². The van der Waals surface area contributed by atoms with Gasteiger partial charge in [-0.05, 0) is 62.0 Å². The van der Waals surface area contributed by atoms with Gasteiger partial charge in [-0.25, -0.2) is 4.39 Å². The average Bonchev–Trinajstić information content (AvgIpc) is 3.14. The lowest BCUT2D eigenvalue weighted by Gasteiger charge is -2.15. The molecule has 1 aliphatic heterocycles. The van der Waals surface area contributed by atoms with Crippen LogP contribution in [0.25, 0.3) is 0 Å². The van der Waals surface area contributed by atoms with Crippen LogP contribution in [0.4, 0.5) is 4.39 Å². The van der Waals surface area contributed by atoms with Crippen molar-refractivity contribution < 1.29 is 4.39 Å². The quantitative estimate of drug-likeness (QED) is 0.893. The summed E-state index contributed by atoms with van der Waals surface area (Å²) in [6.07, 6.45) is 4.05. The standard InChI is InChI=1S/C15H20ClFN2/c16-15-4-1-13(17)7-12(15)9-18-8-11-5-6-19(10-11)14-2-3-14/h1,4,7,11,14,18H,2-3,5-6,8-10H2. The van der Waals surface area contributed by atoms with Crippen LogP contribution in [0.15, 0.2) is 18.2 Å². The lowest BCUT2D eigenvalue weighted by molar-refractivity contribution is 0.312. The zero-order valence-corrected chi connectivity index (χ0v) is 11.8. The number of nitrogens with zero attached hydrogens (tertiary/aromatic N) is 1. The van der Waals surface area contributed by atoms with Crippen LogP contribution in [0.2, 0.25) is 5.02 Å². The maximum Gasteiger partial charge on any atom is 0.123 e. The third-order valence-corrected chi connectivity index (χ3v) is 4.51. The highest BCUT2D eigenvalue weighted by molar-refractivity contribution is 6.31. The van der Waals surface area contributed by atoms with Gasteiger partial charge in [0.15, 0.2) is 0 Å². The number of rotatable bonds is 5. The molecular weight excluding hydrogens is 263 g/mol. The van der Waals surface area contributed by atoms with Crippen LogP contribution in [0.5, 0.6) is 0 Å². The smallest absolute Gasteiger partial charge is 0.123 e. The first kappa shape index (κ1) is 13.3. The number of hydrogen-bond donors (Lipinski definition) is 1. The first-order valence-corrected chi connectivity index (χ1v) is 7.49. The highest BCUT2D eigenvalue weighted by atomic mass is 35.5. The largest absolute Gasteiger partial charge is 0.312 e. The molecule has 1 atom stereocenters. The Morgan fingerprint density at radius 3 is 2.95 bits per heavy atom. The van der Waals surface area contributed by atoms with E-state index in [0.717, 1.165) is 24.1 Å². The van der Waals surface area contributed by atoms with Crippen LogP contribution in [0, 0.1) is 11.7 Å². The summed E-state index contributed by atoms with van der Waals surface area (Å²) in [5, 5.41) is 4.05. The fourth-order valence-corrected chi connectivity index (χ4v) is 3.07. The zero-order valence-electron chi connectivity index (χ0n) is 11.0. The Balaban J connectivity index is 1.44. The van der Waals surface area contributed by atoms with Gasteiger partial charge in [0.05, 0.1) is 0 Å². The number of benzene rings is 1. The number of likely N-dealkylation sites (tertiary alicyclic amines) is 1. The monoisotopic (exact) mass is 282 g/mol. The van der Waals surface area contributed by atoms with E-state index in [1.54, 1.807) is 6.07 Å². The molecule has 4 heteroatoms. The van der Waals surface area contributed by atoms with E-state index in [1.807, 2.05) is 0 Å². The molecule has 0 radical (unpaired) electrons. The lowest BCUT2D eigenvalue weighted by Crippen LogP contribution is -2.27. The first-order valence-electron chi connectivity index (χ1n) is 7.11. The molecule has 1 aliphatic carbocycles. The second-order valence-electron chi connectivity index (χ2n) is 5.75. The molecule has 1 heterocycles. The molecule has 2 nitrogen and oxygen atoms in total. The Hall–Kier alpha value is -0.640. The van der Waals surface area contributed by atoms with E-state index in [0.29, 0.717) is 11.6 Å². The zero-order chi connectivity index (χ0) is 13.2. The first-order chi connectivity index (χ1) is 9.22. The van der Waals surface area contributed by atoms with Crippen molar-refractivity contribution in [2.45, 2.75) is 31.8 Å². The van der Waals surface area contributed by atoms with Crippen molar-refractivity contribution in [1.29, 1.82) is 0 Å². The molecule has 0 spiro atoms. The number of halogens is 2. The number of nitrogens with one attached hydrogen (secondary N) is 1. The molecule has 104 valence electrons. The summed E-state index contributed by atoms with van der Waals surface area (Å²) in [7, 11) is 0. The maximum atomic E-state index is 13.1. The van der Waals surface area contributed by atoms with E-state index < -0.39 is 0 Å². The number of hydrogen-bond acceptors (Lipinski definition) is 2. The van der Waals surface area contributed by atoms with Gasteiger partial charge >= 0.3 is 0 Å². The van der Waals surface area contributed by atoms with Crippen molar-refractivity contribution in [2.24, 2.45) is 5.92 Å². The summed E-state index contributed by atoms with van der Waals surface area (Å²) in [6.45, 7) is 4.11. The minimum absolute atomic E-state index is 0.220. The minimum Gasteiger partial charge on any atom is -0.312 e. The molecule has 2 fully saturated rings. The fraction of sp³-hybridized carbons (Fsp3) is 0.600. The van der Waals surface area contributed by atoms with E-state index in [2.05, 4.69) is 10.2 Å². The molecule has 1 saturated carbocycles. The van der Waals surface area contributed by atoms with E-state index in [-0.39, 0.29) is 5.82 Å². The van der Waals surface area contributed by atoms with Crippen molar-refractivity contribution in [1.82, 2.24) is 10.2 Å². The molecule has 1 N–H and O–H groups in total. The molecule has 0 bridgehead atoms. The Bertz CT molecular complexity index is 448. The average molecular weight is 283 g/mol. The predicted octanol–water partition coefficient (Wildman–Crippen LogP) is 3.05. The Labute approximate surface area is 118 Å². The molecule has 1 aromatic carbocycles. The highest BCUT2D eigenvalue weighted by Gasteiger charge is 2.33. The van der Waals surface area contributed by atoms with Crippen molar-refractivity contribution in [3.05, 3.63) is 34.6 Å². The summed E-state index contributed by atoms with van der Waals surface area (Å²) in [4.78, 5) is 2.61. The molecule has 0 aromatic heterocycles. The fourth-order valence-electron chi connectivity index (χ4n) is 2.89. The molecule has 0 amide bonds. The van der Waals surface area contributed by atoms with Gasteiger partial charge in [0.25, 0.3) is 0 Å². The van der Waals surface area contributed by atoms with Gasteiger partial charge in [-0.3, -0.25) is 0 Å². The van der Waals surface area contributed by atoms with E-state index >= 15 is 0 Å². The SMILES string of the molecule is Fc1ccc(Cl)c(CNCC2CCN(C3CC3)C2)c1. The van der Waals surface area contributed by atoms with E-state index in [1.165, 1.54) is 44.5 Å². The normalized spacial score (nSPS) is 24.0. The van der Waals surface area contributed by atoms with Gasteiger partial charge in [-0.15, -0.1) is 0 Å². The molecule has 1 unspecified atom stereocenters. The van der Waals surface area contributed by atoms with Crippen molar-refractivity contribution >= 4 is 11.6 Å². The second kappa shape index (κ2) is 5.78. The van der Waals surface area contributed by atoms with Crippen molar-refractivity contribution in [3.8, 4) is 0 Å². The van der Waals surface area contributed by atoms with Gasteiger partial charge < -0.3 is 10.2 Å². The topological polar surface area (TPSA) is 15.3 Å². The summed E-state index contributed by atoms with van der Waals surface area (Å²) in [5.41, 5.74) is 0.846. The van der Waals surface area contributed by atoms with Gasteiger partial charge in [0.1, 0.15) is 5.82 Å². The van der Waals surface area contributed by atoms with Gasteiger partial charge in [-0.2, -0.15) is 0 Å². The summed E-state index contributed by atoms with van der Waals surface area (Å²) < 4.78 is 13.1. The van der Waals surface area contributed by atoms with Crippen LogP contribution in [-0.4, -0.2) is 30.6 Å². The third kappa shape index (κ3) is 3.47. The Kier molecular flexibility index (Phi) is 4.06. The molecule has 1 saturated heterocycles. The predicted molar refractivity (Wildman–Crippen MR) is 75.8 cm³/mol. The van der Waals surface area contributed by atoms with Crippen LogP contribution in [0.3, 0.4) is 0 Å². The molecule has 2 aliphatic rings. The maximum absolute atomic E-state index is 13.1. The third-order valence-electron chi connectivity index (χ3n) is 4.14. The lowest BCUT2D eigenvalue weighted by atomic mass is 10.1. The Morgan fingerprint density at radius 1 is 1.32 bits per heavy atom. The van der Waals surface area contributed by atoms with Crippen LogP contribution in [0.1, 0.15) is 24.8 Å². The molecule has 3 rings (SSSR count). The van der Waals surface area contributed by atoms with Crippen LogP contribution >= 0.6 is 11.6 Å². The minimum atomic E-state index is -0.220. The summed E-state index contributed by atoms with van der Waals surface area (Å²) >= 11 is 6.05. The summed E-state index contributed by atoms with van der Waals surface area (Å²) in [6, 6.07) is 5.41. The molecular formula is C15H20ClFN2. The molecule has 19 heavy (non-hydrogen) atoms.